The van der Waals surface area contributed by atoms with Gasteiger partial charge in [0.25, 0.3) is 5.89 Å². The first-order chi connectivity index (χ1) is 10.7. The fourth-order valence-electron chi connectivity index (χ4n) is 2.46. The summed E-state index contributed by atoms with van der Waals surface area (Å²) in [6.45, 7) is 7.45. The van der Waals surface area contributed by atoms with Crippen molar-refractivity contribution in [2.75, 3.05) is 33.3 Å². The van der Waals surface area contributed by atoms with Gasteiger partial charge in [0.1, 0.15) is 16.0 Å². The minimum atomic E-state index is -0.0141. The number of aromatic nitrogens is 3. The zero-order chi connectivity index (χ0) is 15.5. The summed E-state index contributed by atoms with van der Waals surface area (Å²) in [5.41, 5.74) is 0. The highest BCUT2D eigenvalue weighted by molar-refractivity contribution is 7.15. The molecule has 0 bridgehead atoms. The van der Waals surface area contributed by atoms with E-state index in [-0.39, 0.29) is 12.1 Å². The summed E-state index contributed by atoms with van der Waals surface area (Å²) < 4.78 is 11.0. The lowest BCUT2D eigenvalue weighted by atomic mass is 10.2. The number of hydrogen-bond donors (Lipinski definition) is 1. The smallest absolute Gasteiger partial charge is 0.269 e. The van der Waals surface area contributed by atoms with Crippen LogP contribution in [0.2, 0.25) is 0 Å². The molecular weight excluding hydrogens is 302 g/mol. The molecule has 3 rings (SSSR count). The zero-order valence-electron chi connectivity index (χ0n) is 13.1. The van der Waals surface area contributed by atoms with Crippen LogP contribution < -0.4 is 5.32 Å². The SMILES string of the molecule is CCOC(C)c1ncc(-c2nc(C3CNCCN3C)no2)s1. The molecule has 0 spiro atoms. The van der Waals surface area contributed by atoms with E-state index in [2.05, 4.69) is 32.4 Å². The Hall–Kier alpha value is -1.35. The van der Waals surface area contributed by atoms with E-state index in [1.54, 1.807) is 6.20 Å². The highest BCUT2D eigenvalue weighted by Gasteiger charge is 2.26. The van der Waals surface area contributed by atoms with Gasteiger partial charge in [0.15, 0.2) is 5.82 Å². The van der Waals surface area contributed by atoms with Crippen LogP contribution in [0.4, 0.5) is 0 Å². The van der Waals surface area contributed by atoms with E-state index in [9.17, 15) is 0 Å². The second-order valence-electron chi connectivity index (χ2n) is 5.32. The third-order valence-corrected chi connectivity index (χ3v) is 4.90. The molecule has 0 amide bonds. The van der Waals surface area contributed by atoms with E-state index < -0.39 is 0 Å². The number of thiazole rings is 1. The predicted octanol–water partition coefficient (Wildman–Crippen LogP) is 1.87. The molecule has 1 aliphatic rings. The molecule has 0 aromatic carbocycles. The van der Waals surface area contributed by atoms with Crippen molar-refractivity contribution in [3.05, 3.63) is 17.0 Å². The lowest BCUT2D eigenvalue weighted by Crippen LogP contribution is -2.44. The maximum Gasteiger partial charge on any atom is 0.269 e. The summed E-state index contributed by atoms with van der Waals surface area (Å²) in [6, 6.07) is 0.154. The summed E-state index contributed by atoms with van der Waals surface area (Å²) in [6.07, 6.45) is 1.76. The van der Waals surface area contributed by atoms with Gasteiger partial charge >= 0.3 is 0 Å². The molecule has 0 radical (unpaired) electrons. The number of piperazine rings is 1. The highest BCUT2D eigenvalue weighted by atomic mass is 32.1. The quantitative estimate of drug-likeness (QED) is 0.900. The minimum Gasteiger partial charge on any atom is -0.372 e. The van der Waals surface area contributed by atoms with Gasteiger partial charge in [-0.3, -0.25) is 4.90 Å². The van der Waals surface area contributed by atoms with Crippen LogP contribution in [0.25, 0.3) is 10.8 Å². The summed E-state index contributed by atoms with van der Waals surface area (Å²) in [5.74, 6) is 1.25. The Bertz CT molecular complexity index is 614. The Morgan fingerprint density at radius 2 is 2.45 bits per heavy atom. The molecule has 2 atom stereocenters. The Morgan fingerprint density at radius 3 is 3.23 bits per heavy atom. The normalized spacial score (nSPS) is 21.1. The molecule has 120 valence electrons. The number of likely N-dealkylation sites (N-methyl/N-ethyl adjacent to an activating group) is 1. The van der Waals surface area contributed by atoms with Crippen molar-refractivity contribution >= 4 is 11.3 Å². The second kappa shape index (κ2) is 6.82. The molecule has 2 aromatic rings. The van der Waals surface area contributed by atoms with Crippen molar-refractivity contribution in [1.29, 1.82) is 0 Å². The van der Waals surface area contributed by atoms with Crippen molar-refractivity contribution in [1.82, 2.24) is 25.3 Å². The third-order valence-electron chi connectivity index (χ3n) is 3.75. The number of ether oxygens (including phenoxy) is 1. The molecule has 0 aliphatic carbocycles. The molecule has 1 N–H and O–H groups in total. The van der Waals surface area contributed by atoms with Crippen LogP contribution in [0.1, 0.15) is 36.8 Å². The van der Waals surface area contributed by atoms with Crippen LogP contribution in [0.5, 0.6) is 0 Å². The van der Waals surface area contributed by atoms with Crippen molar-refractivity contribution < 1.29 is 9.26 Å². The lowest BCUT2D eigenvalue weighted by Gasteiger charge is -2.30. The van der Waals surface area contributed by atoms with Crippen molar-refractivity contribution in [3.63, 3.8) is 0 Å². The molecule has 2 unspecified atom stereocenters. The van der Waals surface area contributed by atoms with Crippen molar-refractivity contribution in [3.8, 4) is 10.8 Å². The fourth-order valence-corrected chi connectivity index (χ4v) is 3.30. The number of nitrogens with one attached hydrogen (secondary N) is 1. The van der Waals surface area contributed by atoms with Crippen LogP contribution in [0, 0.1) is 0 Å². The Balaban J connectivity index is 1.76. The van der Waals surface area contributed by atoms with Crippen molar-refractivity contribution in [2.24, 2.45) is 0 Å². The number of hydrogen-bond acceptors (Lipinski definition) is 8. The van der Waals surface area contributed by atoms with Gasteiger partial charge in [-0.2, -0.15) is 4.98 Å². The molecule has 22 heavy (non-hydrogen) atoms. The first kappa shape index (κ1) is 15.5. The number of rotatable bonds is 5. The van der Waals surface area contributed by atoms with Gasteiger partial charge in [0.05, 0.1) is 12.2 Å². The molecular formula is C14H21N5O2S. The van der Waals surface area contributed by atoms with Crippen LogP contribution in [-0.4, -0.2) is 53.3 Å². The van der Waals surface area contributed by atoms with Gasteiger partial charge < -0.3 is 14.6 Å². The van der Waals surface area contributed by atoms with E-state index in [0.717, 1.165) is 35.3 Å². The molecule has 1 saturated heterocycles. The van der Waals surface area contributed by atoms with Crippen LogP contribution >= 0.6 is 11.3 Å². The molecule has 7 nitrogen and oxygen atoms in total. The largest absolute Gasteiger partial charge is 0.372 e. The average Bonchev–Trinajstić information content (AvgIpc) is 3.17. The van der Waals surface area contributed by atoms with Crippen LogP contribution in [0.3, 0.4) is 0 Å². The maximum atomic E-state index is 5.56. The van der Waals surface area contributed by atoms with E-state index in [4.69, 9.17) is 9.26 Å². The molecule has 1 fully saturated rings. The second-order valence-corrected chi connectivity index (χ2v) is 6.38. The van der Waals surface area contributed by atoms with Gasteiger partial charge in [-0.1, -0.05) is 5.16 Å². The van der Waals surface area contributed by atoms with E-state index in [1.165, 1.54) is 11.3 Å². The van der Waals surface area contributed by atoms with Crippen molar-refractivity contribution in [2.45, 2.75) is 26.0 Å². The topological polar surface area (TPSA) is 76.3 Å². The maximum absolute atomic E-state index is 5.56. The van der Waals surface area contributed by atoms with E-state index in [1.807, 2.05) is 13.8 Å². The third kappa shape index (κ3) is 3.19. The highest BCUT2D eigenvalue weighted by Crippen LogP contribution is 2.30. The van der Waals surface area contributed by atoms with Crippen LogP contribution in [0.15, 0.2) is 10.7 Å². The Morgan fingerprint density at radius 1 is 1.59 bits per heavy atom. The van der Waals surface area contributed by atoms with Gasteiger partial charge in [-0.05, 0) is 20.9 Å². The monoisotopic (exact) mass is 323 g/mol. The van der Waals surface area contributed by atoms with E-state index >= 15 is 0 Å². The van der Waals surface area contributed by atoms with Gasteiger partial charge in [0, 0.05) is 26.2 Å². The summed E-state index contributed by atoms with van der Waals surface area (Å²) in [7, 11) is 2.08. The molecule has 0 saturated carbocycles. The molecule has 2 aromatic heterocycles. The lowest BCUT2D eigenvalue weighted by molar-refractivity contribution is 0.0762. The predicted molar refractivity (Wildman–Crippen MR) is 83.7 cm³/mol. The minimum absolute atomic E-state index is 0.0141. The first-order valence-corrected chi connectivity index (χ1v) is 8.33. The van der Waals surface area contributed by atoms with Gasteiger partial charge in [0.2, 0.25) is 0 Å². The van der Waals surface area contributed by atoms with Gasteiger partial charge in [-0.15, -0.1) is 11.3 Å². The number of nitrogens with zero attached hydrogens (tertiary/aromatic N) is 4. The molecule has 1 aliphatic heterocycles. The van der Waals surface area contributed by atoms with E-state index in [0.29, 0.717) is 12.5 Å². The summed E-state index contributed by atoms with van der Waals surface area (Å²) in [4.78, 5) is 12.1. The standard InChI is InChI=1S/C14H21N5O2S/c1-4-20-9(2)14-16-8-11(22-14)13-17-12(18-21-13)10-7-15-5-6-19(10)3/h8-10,15H,4-7H2,1-3H3. The summed E-state index contributed by atoms with van der Waals surface area (Å²) in [5, 5.41) is 8.42. The first-order valence-electron chi connectivity index (χ1n) is 7.51. The van der Waals surface area contributed by atoms with Gasteiger partial charge in [-0.25, -0.2) is 4.98 Å². The van der Waals surface area contributed by atoms with Crippen LogP contribution in [-0.2, 0) is 4.74 Å². The average molecular weight is 323 g/mol. The fraction of sp³-hybridized carbons (Fsp3) is 0.643. The Labute approximate surface area is 133 Å². The summed E-state index contributed by atoms with van der Waals surface area (Å²) >= 11 is 1.53. The molecule has 8 heteroatoms. The Kier molecular flexibility index (Phi) is 4.82. The zero-order valence-corrected chi connectivity index (χ0v) is 13.9. The molecule has 3 heterocycles.